The first kappa shape index (κ1) is 30.6. The van der Waals surface area contributed by atoms with Gasteiger partial charge in [-0.05, 0) is 73.7 Å². The van der Waals surface area contributed by atoms with E-state index in [1.165, 1.54) is 0 Å². The molecule has 2 bridgehead atoms. The number of nitriles is 1. The summed E-state index contributed by atoms with van der Waals surface area (Å²) in [6.45, 7) is 13.3. The van der Waals surface area contributed by atoms with Gasteiger partial charge in [0.05, 0.1) is 23.7 Å². The number of nitrogens with zero attached hydrogens (tertiary/aromatic N) is 2. The number of carbonyl (C=O) groups excluding carboxylic acids is 2. The van der Waals surface area contributed by atoms with Gasteiger partial charge in [-0.1, -0.05) is 71.0 Å². The molecule has 0 unspecified atom stereocenters. The smallest absolute Gasteiger partial charge is 0.447 e. The van der Waals surface area contributed by atoms with Gasteiger partial charge in [0.1, 0.15) is 18.2 Å². The maximum atomic E-state index is 13.3. The van der Waals surface area contributed by atoms with E-state index in [-0.39, 0.29) is 46.7 Å². The maximum absolute atomic E-state index is 13.3. The van der Waals surface area contributed by atoms with Gasteiger partial charge in [-0.3, -0.25) is 4.79 Å². The van der Waals surface area contributed by atoms with E-state index in [0.717, 1.165) is 31.2 Å². The molecule has 6 atom stereocenters. The van der Waals surface area contributed by atoms with Crippen molar-refractivity contribution in [1.82, 2.24) is 10.2 Å². The lowest BCUT2D eigenvalue weighted by Gasteiger charge is -2.64. The van der Waals surface area contributed by atoms with Crippen LogP contribution in [0, 0.1) is 34.0 Å². The van der Waals surface area contributed by atoms with Crippen molar-refractivity contribution < 1.29 is 23.6 Å². The summed E-state index contributed by atoms with van der Waals surface area (Å²) in [5, 5.41) is 12.7. The van der Waals surface area contributed by atoms with Crippen LogP contribution in [0.1, 0.15) is 79.2 Å². The molecule has 0 spiro atoms. The fraction of sp³-hybridized carbons (Fsp3) is 0.667. The van der Waals surface area contributed by atoms with E-state index in [0.29, 0.717) is 31.2 Å². The van der Waals surface area contributed by atoms with Crippen molar-refractivity contribution in [2.45, 2.75) is 104 Å². The molecule has 8 nitrogen and oxygen atoms in total. The molecule has 0 radical (unpaired) electrons. The minimum absolute atomic E-state index is 0.00709. The third-order valence-electron chi connectivity index (χ3n) is 10.1. The van der Waals surface area contributed by atoms with Gasteiger partial charge in [0.15, 0.2) is 0 Å². The Labute approximate surface area is 251 Å². The van der Waals surface area contributed by atoms with Gasteiger partial charge < -0.3 is 24.3 Å². The highest BCUT2D eigenvalue weighted by molar-refractivity contribution is 6.47. The van der Waals surface area contributed by atoms with Gasteiger partial charge in [0, 0.05) is 6.54 Å². The Morgan fingerprint density at radius 2 is 1.95 bits per heavy atom. The van der Waals surface area contributed by atoms with Crippen LogP contribution in [0.3, 0.4) is 0 Å². The Bertz CT molecular complexity index is 1240. The number of carbonyl (C=O) groups is 2. The van der Waals surface area contributed by atoms with E-state index in [1.807, 2.05) is 51.1 Å². The number of amides is 2. The molecule has 3 aliphatic carbocycles. The molecule has 2 amide bonds. The van der Waals surface area contributed by atoms with Gasteiger partial charge in [-0.2, -0.15) is 5.26 Å². The van der Waals surface area contributed by atoms with Crippen LogP contribution in [0.15, 0.2) is 42.0 Å². The maximum Gasteiger partial charge on any atom is 0.482 e. The average molecular weight is 576 g/mol. The molecule has 3 saturated carbocycles. The summed E-state index contributed by atoms with van der Waals surface area (Å²) in [4.78, 5) is 28.2. The van der Waals surface area contributed by atoms with Crippen molar-refractivity contribution in [3.05, 3.63) is 47.5 Å². The van der Waals surface area contributed by atoms with E-state index < -0.39 is 19.2 Å². The number of alkyl carbamates (subject to hydrolysis) is 1. The Kier molecular flexibility index (Phi) is 8.53. The number of ether oxygens (including phenoxy) is 1. The van der Waals surface area contributed by atoms with Crippen LogP contribution < -0.4 is 5.32 Å². The topological polar surface area (TPSA) is 101 Å². The second-order valence-electron chi connectivity index (χ2n) is 14.6. The van der Waals surface area contributed by atoms with E-state index >= 15 is 0 Å². The van der Waals surface area contributed by atoms with E-state index in [2.05, 4.69) is 32.2 Å². The third kappa shape index (κ3) is 6.12. The van der Waals surface area contributed by atoms with E-state index in [1.54, 1.807) is 11.0 Å². The first-order valence-corrected chi connectivity index (χ1v) is 15.6. The molecule has 6 rings (SSSR count). The molecule has 42 heavy (non-hydrogen) atoms. The van der Waals surface area contributed by atoms with E-state index in [9.17, 15) is 14.9 Å². The zero-order chi connectivity index (χ0) is 30.3. The Balaban J connectivity index is 1.26. The molecule has 2 aliphatic heterocycles. The predicted octanol–water partition coefficient (Wildman–Crippen LogP) is 5.47. The number of rotatable bonds is 7. The highest BCUT2D eigenvalue weighted by atomic mass is 16.7. The van der Waals surface area contributed by atoms with Gasteiger partial charge in [0.25, 0.3) is 5.91 Å². The lowest BCUT2D eigenvalue weighted by molar-refractivity contribution is -0.199. The van der Waals surface area contributed by atoms with Crippen molar-refractivity contribution in [2.75, 3.05) is 13.2 Å². The molecule has 1 aromatic rings. The van der Waals surface area contributed by atoms with Crippen molar-refractivity contribution in [2.24, 2.45) is 22.7 Å². The number of benzene rings is 1. The largest absolute Gasteiger partial charge is 0.482 e. The molecule has 1 aromatic carbocycles. The Hall–Kier alpha value is -2.83. The zero-order valence-corrected chi connectivity index (χ0v) is 26.0. The summed E-state index contributed by atoms with van der Waals surface area (Å²) in [6.07, 6.45) is 6.34. The fourth-order valence-electron chi connectivity index (χ4n) is 7.69. The van der Waals surface area contributed by atoms with Gasteiger partial charge in [0.2, 0.25) is 0 Å². The molecule has 1 N–H and O–H groups in total. The SMILES string of the molecule is CC(C)(C)/C=C(\C#N)C(=O)N1CCCC[C@@H]1COC(=O)N[C@@H](Cc1ccccc1)B1O[C@@H]2C[C@@H]3C[C@@H](C3(C)C)[C@]2(C)O1. The number of hydrogen-bond acceptors (Lipinski definition) is 6. The van der Waals surface area contributed by atoms with Crippen molar-refractivity contribution in [1.29, 1.82) is 5.26 Å². The minimum Gasteiger partial charge on any atom is -0.447 e. The second kappa shape index (κ2) is 11.7. The number of allylic oxidation sites excluding steroid dienone is 1. The highest BCUT2D eigenvalue weighted by Gasteiger charge is 2.68. The lowest BCUT2D eigenvalue weighted by Crippen LogP contribution is -2.65. The van der Waals surface area contributed by atoms with Crippen molar-refractivity contribution >= 4 is 19.1 Å². The summed E-state index contributed by atoms with van der Waals surface area (Å²) < 4.78 is 19.0. The summed E-state index contributed by atoms with van der Waals surface area (Å²) in [5.41, 5.74) is 0.741. The predicted molar refractivity (Wildman–Crippen MR) is 161 cm³/mol. The van der Waals surface area contributed by atoms with Crippen molar-refractivity contribution in [3.8, 4) is 6.07 Å². The molecule has 226 valence electrons. The van der Waals surface area contributed by atoms with Crippen molar-refractivity contribution in [3.63, 3.8) is 0 Å². The van der Waals surface area contributed by atoms with Crippen LogP contribution in [0.25, 0.3) is 0 Å². The summed E-state index contributed by atoms with van der Waals surface area (Å²) in [7, 11) is -0.587. The summed E-state index contributed by atoms with van der Waals surface area (Å²) in [5.74, 6) is 0.317. The quantitative estimate of drug-likeness (QED) is 0.263. The zero-order valence-electron chi connectivity index (χ0n) is 26.0. The lowest BCUT2D eigenvalue weighted by atomic mass is 9.43. The van der Waals surface area contributed by atoms with Crippen LogP contribution in [0.2, 0.25) is 0 Å². The summed E-state index contributed by atoms with van der Waals surface area (Å²) >= 11 is 0. The Morgan fingerprint density at radius 1 is 1.21 bits per heavy atom. The molecular weight excluding hydrogens is 529 g/mol. The van der Waals surface area contributed by atoms with Crippen LogP contribution in [-0.2, 0) is 25.3 Å². The van der Waals surface area contributed by atoms with Gasteiger partial charge in [-0.15, -0.1) is 0 Å². The second-order valence-corrected chi connectivity index (χ2v) is 14.6. The normalized spacial score (nSPS) is 30.9. The number of piperidine rings is 1. The first-order valence-electron chi connectivity index (χ1n) is 15.6. The average Bonchev–Trinajstić information content (AvgIpc) is 3.31. The van der Waals surface area contributed by atoms with Crippen LogP contribution in [-0.4, -0.2) is 60.9 Å². The molecule has 2 heterocycles. The standard InChI is InChI=1S/C33H46BN3O5/c1-31(2,3)19-23(20-35)29(38)37-15-11-10-14-25(37)21-40-30(39)36-28(16-22-12-8-7-9-13-22)34-41-27-18-24-17-26(32(24,4)5)33(27,6)42-34/h7-9,12-13,19,24-28H,10-11,14-18,21H2,1-6H3,(H,36,39)/b23-19+/t24-,25+,26-,27+,28-,33-/m0/s1. The molecule has 5 aliphatic rings. The molecule has 2 saturated heterocycles. The number of hydrogen-bond donors (Lipinski definition) is 1. The highest BCUT2D eigenvalue weighted by Crippen LogP contribution is 2.65. The van der Waals surface area contributed by atoms with Crippen LogP contribution in [0.4, 0.5) is 4.79 Å². The number of nitrogens with one attached hydrogen (secondary N) is 1. The molecule has 9 heteroatoms. The summed E-state index contributed by atoms with van der Waals surface area (Å²) in [6, 6.07) is 11.8. The van der Waals surface area contributed by atoms with Gasteiger partial charge in [-0.25, -0.2) is 4.79 Å². The van der Waals surface area contributed by atoms with E-state index in [4.69, 9.17) is 14.0 Å². The molecule has 0 aromatic heterocycles. The Morgan fingerprint density at radius 3 is 2.62 bits per heavy atom. The fourth-order valence-corrected chi connectivity index (χ4v) is 7.69. The van der Waals surface area contributed by atoms with Crippen LogP contribution in [0.5, 0.6) is 0 Å². The number of likely N-dealkylation sites (tertiary alicyclic amines) is 1. The minimum atomic E-state index is -0.587. The molecular formula is C33H46BN3O5. The van der Waals surface area contributed by atoms with Gasteiger partial charge >= 0.3 is 13.2 Å². The third-order valence-corrected chi connectivity index (χ3v) is 10.1. The van der Waals surface area contributed by atoms with Crippen LogP contribution >= 0.6 is 0 Å². The first-order chi connectivity index (χ1) is 19.8. The monoisotopic (exact) mass is 575 g/mol. The molecule has 5 fully saturated rings.